The number of carboxylic acid groups (broad SMARTS) is 1. The van der Waals surface area contributed by atoms with E-state index in [1.54, 1.807) is 4.90 Å². The molecule has 0 spiro atoms. The average molecular weight is 292 g/mol. The Balaban J connectivity index is 2.67. The summed E-state index contributed by atoms with van der Waals surface area (Å²) in [5.41, 5.74) is 1.02. The lowest BCUT2D eigenvalue weighted by molar-refractivity contribution is -0.136. The molecule has 0 bridgehead atoms. The maximum atomic E-state index is 12.2. The predicted molar refractivity (Wildman–Crippen MR) is 82.0 cm³/mol. The molecule has 21 heavy (non-hydrogen) atoms. The highest BCUT2D eigenvalue weighted by Gasteiger charge is 2.21. The molecule has 0 aliphatic rings. The third-order valence-electron chi connectivity index (χ3n) is 2.78. The first-order valence-electron chi connectivity index (χ1n) is 7.06. The Morgan fingerprint density at radius 1 is 1.19 bits per heavy atom. The van der Waals surface area contributed by atoms with E-state index in [-0.39, 0.29) is 24.4 Å². The van der Waals surface area contributed by atoms with Crippen LogP contribution in [0.1, 0.15) is 32.8 Å². The van der Waals surface area contributed by atoms with Gasteiger partial charge in [-0.15, -0.1) is 0 Å². The number of urea groups is 1. The molecule has 5 nitrogen and oxygen atoms in total. The molecule has 0 atom stereocenters. The first-order valence-corrected chi connectivity index (χ1v) is 7.06. The summed E-state index contributed by atoms with van der Waals surface area (Å²) < 4.78 is 0. The van der Waals surface area contributed by atoms with Crippen LogP contribution in [0.15, 0.2) is 30.3 Å². The number of carbonyl (C=O) groups excluding carboxylic acids is 1. The number of hydrogen-bond acceptors (Lipinski definition) is 2. The average Bonchev–Trinajstić information content (AvgIpc) is 2.37. The number of nitrogens with one attached hydrogen (secondary N) is 1. The minimum atomic E-state index is -0.916. The molecule has 0 fully saturated rings. The number of carbonyl (C=O) groups is 2. The van der Waals surface area contributed by atoms with Gasteiger partial charge in [0.05, 0.1) is 6.42 Å². The molecule has 0 saturated carbocycles. The molecule has 1 aromatic rings. The predicted octanol–water partition coefficient (Wildman–Crippen LogP) is 2.72. The second-order valence-corrected chi connectivity index (χ2v) is 6.28. The summed E-state index contributed by atoms with van der Waals surface area (Å²) in [5, 5.41) is 11.3. The number of nitrogens with zero attached hydrogens (tertiary/aromatic N) is 1. The minimum absolute atomic E-state index is 0.0289. The van der Waals surface area contributed by atoms with Crippen LogP contribution >= 0.6 is 0 Å². The van der Waals surface area contributed by atoms with Gasteiger partial charge in [-0.2, -0.15) is 0 Å². The summed E-state index contributed by atoms with van der Waals surface area (Å²) >= 11 is 0. The van der Waals surface area contributed by atoms with E-state index >= 15 is 0 Å². The Labute approximate surface area is 126 Å². The Kier molecular flexibility index (Phi) is 6.21. The van der Waals surface area contributed by atoms with Gasteiger partial charge in [-0.3, -0.25) is 4.79 Å². The lowest BCUT2D eigenvalue weighted by atomic mass is 9.96. The van der Waals surface area contributed by atoms with Crippen LogP contribution in [-0.4, -0.2) is 35.1 Å². The van der Waals surface area contributed by atoms with Crippen LogP contribution in [0.3, 0.4) is 0 Å². The van der Waals surface area contributed by atoms with E-state index < -0.39 is 5.97 Å². The fraction of sp³-hybridized carbons (Fsp3) is 0.500. The van der Waals surface area contributed by atoms with E-state index in [0.717, 1.165) is 5.56 Å². The van der Waals surface area contributed by atoms with Gasteiger partial charge in [-0.1, -0.05) is 51.1 Å². The quantitative estimate of drug-likeness (QED) is 0.847. The third kappa shape index (κ3) is 7.34. The third-order valence-corrected chi connectivity index (χ3v) is 2.78. The van der Waals surface area contributed by atoms with Crippen molar-refractivity contribution < 1.29 is 14.7 Å². The van der Waals surface area contributed by atoms with Crippen LogP contribution in [0.4, 0.5) is 4.79 Å². The number of rotatable bonds is 6. The smallest absolute Gasteiger partial charge is 0.317 e. The SMILES string of the molecule is CC(C)(C)CN(Cc1ccccc1)C(=O)NCCC(=O)O. The molecule has 2 amide bonds. The first kappa shape index (κ1) is 17.0. The maximum absolute atomic E-state index is 12.2. The van der Waals surface area contributed by atoms with Gasteiger partial charge < -0.3 is 15.3 Å². The highest BCUT2D eigenvalue weighted by molar-refractivity contribution is 5.75. The lowest BCUT2D eigenvalue weighted by Gasteiger charge is -2.30. The zero-order chi connectivity index (χ0) is 15.9. The Morgan fingerprint density at radius 2 is 1.81 bits per heavy atom. The Hall–Kier alpha value is -2.04. The number of hydrogen-bond donors (Lipinski definition) is 2. The lowest BCUT2D eigenvalue weighted by Crippen LogP contribution is -2.44. The summed E-state index contributed by atoms with van der Waals surface area (Å²) in [4.78, 5) is 24.5. The Morgan fingerprint density at radius 3 is 2.33 bits per heavy atom. The molecular formula is C16H24N2O3. The standard InChI is InChI=1S/C16H24N2O3/c1-16(2,3)12-18(11-13-7-5-4-6-8-13)15(21)17-10-9-14(19)20/h4-8H,9-12H2,1-3H3,(H,17,21)(H,19,20). The van der Waals surface area contributed by atoms with Gasteiger partial charge in [0.1, 0.15) is 0 Å². The van der Waals surface area contributed by atoms with Crippen molar-refractivity contribution >= 4 is 12.0 Å². The molecule has 1 aromatic carbocycles. The monoisotopic (exact) mass is 292 g/mol. The van der Waals surface area contributed by atoms with Gasteiger partial charge in [-0.05, 0) is 11.0 Å². The summed E-state index contributed by atoms with van der Waals surface area (Å²) in [6, 6.07) is 9.53. The van der Waals surface area contributed by atoms with E-state index in [1.165, 1.54) is 0 Å². The highest BCUT2D eigenvalue weighted by Crippen LogP contribution is 2.17. The van der Waals surface area contributed by atoms with Gasteiger partial charge in [0.25, 0.3) is 0 Å². The van der Waals surface area contributed by atoms with Crippen LogP contribution in [0.2, 0.25) is 0 Å². The van der Waals surface area contributed by atoms with E-state index in [4.69, 9.17) is 5.11 Å². The van der Waals surface area contributed by atoms with Crippen LogP contribution in [0.25, 0.3) is 0 Å². The molecule has 0 aromatic heterocycles. The number of carboxylic acids is 1. The van der Waals surface area contributed by atoms with Gasteiger partial charge in [-0.25, -0.2) is 4.79 Å². The number of benzene rings is 1. The fourth-order valence-corrected chi connectivity index (χ4v) is 1.96. The van der Waals surface area contributed by atoms with Crippen molar-refractivity contribution in [3.63, 3.8) is 0 Å². The van der Waals surface area contributed by atoms with Crippen molar-refractivity contribution in [1.29, 1.82) is 0 Å². The van der Waals surface area contributed by atoms with Crippen LogP contribution in [0, 0.1) is 5.41 Å². The van der Waals surface area contributed by atoms with E-state index in [1.807, 2.05) is 30.3 Å². The fourth-order valence-electron chi connectivity index (χ4n) is 1.96. The second kappa shape index (κ2) is 7.67. The zero-order valence-corrected chi connectivity index (χ0v) is 12.9. The summed E-state index contributed by atoms with van der Waals surface area (Å²) in [5.74, 6) is -0.916. The molecular weight excluding hydrogens is 268 g/mol. The molecule has 0 aliphatic heterocycles. The molecule has 0 unspecified atom stereocenters. The highest BCUT2D eigenvalue weighted by atomic mass is 16.4. The van der Waals surface area contributed by atoms with E-state index in [0.29, 0.717) is 13.1 Å². The maximum Gasteiger partial charge on any atom is 0.317 e. The molecule has 0 aliphatic carbocycles. The van der Waals surface area contributed by atoms with Crippen molar-refractivity contribution in [2.75, 3.05) is 13.1 Å². The van der Waals surface area contributed by atoms with Crippen molar-refractivity contribution in [3.05, 3.63) is 35.9 Å². The van der Waals surface area contributed by atoms with Crippen LogP contribution in [0.5, 0.6) is 0 Å². The van der Waals surface area contributed by atoms with Crippen molar-refractivity contribution in [2.24, 2.45) is 5.41 Å². The van der Waals surface area contributed by atoms with Gasteiger partial charge in [0, 0.05) is 19.6 Å². The van der Waals surface area contributed by atoms with E-state index in [9.17, 15) is 9.59 Å². The molecule has 0 saturated heterocycles. The van der Waals surface area contributed by atoms with Crippen LogP contribution in [-0.2, 0) is 11.3 Å². The Bertz CT molecular complexity index is 466. The molecule has 2 N–H and O–H groups in total. The summed E-state index contributed by atoms with van der Waals surface area (Å²) in [6.45, 7) is 7.45. The minimum Gasteiger partial charge on any atom is -0.481 e. The molecule has 0 heterocycles. The molecule has 5 heteroatoms. The second-order valence-electron chi connectivity index (χ2n) is 6.28. The first-order chi connectivity index (χ1) is 9.78. The number of aliphatic carboxylic acids is 1. The van der Waals surface area contributed by atoms with Gasteiger partial charge in [0.15, 0.2) is 0 Å². The normalized spacial score (nSPS) is 11.0. The molecule has 116 valence electrons. The van der Waals surface area contributed by atoms with Crippen molar-refractivity contribution in [2.45, 2.75) is 33.7 Å². The van der Waals surface area contributed by atoms with Gasteiger partial charge >= 0.3 is 12.0 Å². The summed E-state index contributed by atoms with van der Waals surface area (Å²) in [6.07, 6.45) is -0.0690. The topological polar surface area (TPSA) is 69.6 Å². The largest absolute Gasteiger partial charge is 0.481 e. The summed E-state index contributed by atoms with van der Waals surface area (Å²) in [7, 11) is 0. The molecule has 0 radical (unpaired) electrons. The van der Waals surface area contributed by atoms with Crippen LogP contribution < -0.4 is 5.32 Å². The van der Waals surface area contributed by atoms with Gasteiger partial charge in [0.2, 0.25) is 0 Å². The molecule has 1 rings (SSSR count). The number of amides is 2. The van der Waals surface area contributed by atoms with E-state index in [2.05, 4.69) is 26.1 Å². The van der Waals surface area contributed by atoms with Crippen molar-refractivity contribution in [1.82, 2.24) is 10.2 Å². The van der Waals surface area contributed by atoms with Crippen molar-refractivity contribution in [3.8, 4) is 0 Å². The zero-order valence-electron chi connectivity index (χ0n) is 12.9.